The molecule has 4 aromatic carbocycles. The van der Waals surface area contributed by atoms with Gasteiger partial charge in [0.05, 0.1) is 17.9 Å². The van der Waals surface area contributed by atoms with Crippen molar-refractivity contribution in [3.63, 3.8) is 0 Å². The Morgan fingerprint density at radius 2 is 1.40 bits per heavy atom. The Bertz CT molecular complexity index is 1980. The van der Waals surface area contributed by atoms with Gasteiger partial charge in [0.15, 0.2) is 0 Å². The van der Waals surface area contributed by atoms with Crippen LogP contribution >= 0.6 is 0 Å². The molecule has 0 unspecified atom stereocenters. The second-order valence-electron chi connectivity index (χ2n) is 11.3. The number of halogens is 2. The molecule has 0 atom stereocenters. The van der Waals surface area contributed by atoms with Gasteiger partial charge in [0, 0.05) is 54.6 Å². The van der Waals surface area contributed by atoms with Crippen LogP contribution in [0.1, 0.15) is 33.6 Å². The average Bonchev–Trinajstić information content (AvgIpc) is 3.42. The third-order valence-corrected chi connectivity index (χ3v) is 8.26. The van der Waals surface area contributed by atoms with Gasteiger partial charge in [-0.3, -0.25) is 9.69 Å². The molecule has 0 aliphatic carbocycles. The fraction of sp³-hybridized carbons (Fsp3) is 0.189. The SMILES string of the molecule is CNc1ccc(-c2nc3n(Cc4c(F)cccc4F)c(C)c(Cc4ccccc4)c(=O)n3c2CN(C)Cc2ccccc2)cc1. The van der Waals surface area contributed by atoms with Crippen LogP contribution in [-0.4, -0.2) is 32.9 Å². The molecule has 6 aromatic rings. The molecule has 0 bridgehead atoms. The summed E-state index contributed by atoms with van der Waals surface area (Å²) in [5.74, 6) is -0.950. The smallest absolute Gasteiger partial charge is 0.263 e. The van der Waals surface area contributed by atoms with E-state index in [1.165, 1.54) is 18.2 Å². The number of nitrogens with zero attached hydrogens (tertiary/aromatic N) is 4. The minimum absolute atomic E-state index is 0.0810. The van der Waals surface area contributed by atoms with E-state index in [-0.39, 0.29) is 17.7 Å². The minimum Gasteiger partial charge on any atom is -0.388 e. The van der Waals surface area contributed by atoms with Crippen molar-refractivity contribution in [3.05, 3.63) is 159 Å². The van der Waals surface area contributed by atoms with Crippen LogP contribution in [0.4, 0.5) is 14.5 Å². The summed E-state index contributed by atoms with van der Waals surface area (Å²) >= 11 is 0. The summed E-state index contributed by atoms with van der Waals surface area (Å²) < 4.78 is 33.5. The molecule has 8 heteroatoms. The third kappa shape index (κ3) is 6.14. The molecule has 2 aromatic heterocycles. The molecule has 0 radical (unpaired) electrons. The highest BCUT2D eigenvalue weighted by Crippen LogP contribution is 2.29. The Balaban J connectivity index is 1.60. The van der Waals surface area contributed by atoms with E-state index in [1.807, 2.05) is 93.8 Å². The molecular weight excluding hydrogens is 568 g/mol. The molecule has 0 fully saturated rings. The monoisotopic (exact) mass is 603 g/mol. The molecule has 0 saturated heterocycles. The molecule has 45 heavy (non-hydrogen) atoms. The van der Waals surface area contributed by atoms with Crippen LogP contribution in [0.3, 0.4) is 0 Å². The first-order valence-corrected chi connectivity index (χ1v) is 14.9. The molecule has 0 saturated carbocycles. The maximum absolute atomic E-state index is 15.0. The molecule has 6 rings (SSSR count). The fourth-order valence-electron chi connectivity index (χ4n) is 5.85. The van der Waals surface area contributed by atoms with Crippen molar-refractivity contribution in [1.29, 1.82) is 0 Å². The number of imidazole rings is 1. The van der Waals surface area contributed by atoms with Crippen LogP contribution in [-0.2, 0) is 26.1 Å². The van der Waals surface area contributed by atoms with E-state index < -0.39 is 11.6 Å². The zero-order valence-electron chi connectivity index (χ0n) is 25.6. The number of nitrogens with one attached hydrogen (secondary N) is 1. The van der Waals surface area contributed by atoms with Gasteiger partial charge >= 0.3 is 0 Å². The molecule has 0 spiro atoms. The molecule has 1 N–H and O–H groups in total. The second-order valence-corrected chi connectivity index (χ2v) is 11.3. The summed E-state index contributed by atoms with van der Waals surface area (Å²) in [6.07, 6.45) is 0.366. The first-order chi connectivity index (χ1) is 21.8. The predicted molar refractivity (Wildman–Crippen MR) is 175 cm³/mol. The Morgan fingerprint density at radius 3 is 2.02 bits per heavy atom. The van der Waals surface area contributed by atoms with Gasteiger partial charge < -0.3 is 9.88 Å². The second kappa shape index (κ2) is 12.9. The van der Waals surface area contributed by atoms with E-state index in [9.17, 15) is 4.79 Å². The third-order valence-electron chi connectivity index (χ3n) is 8.26. The van der Waals surface area contributed by atoms with Gasteiger partial charge in [-0.1, -0.05) is 78.9 Å². The lowest BCUT2D eigenvalue weighted by molar-refractivity contribution is 0.314. The number of aromatic nitrogens is 3. The van der Waals surface area contributed by atoms with Crippen molar-refractivity contribution in [2.75, 3.05) is 19.4 Å². The zero-order chi connectivity index (χ0) is 31.5. The van der Waals surface area contributed by atoms with E-state index in [0.717, 1.165) is 22.4 Å². The van der Waals surface area contributed by atoms with Gasteiger partial charge in [0.25, 0.3) is 5.56 Å². The molecule has 2 heterocycles. The van der Waals surface area contributed by atoms with Crippen molar-refractivity contribution in [2.45, 2.75) is 33.0 Å². The quantitative estimate of drug-likeness (QED) is 0.182. The highest BCUT2D eigenvalue weighted by molar-refractivity contribution is 5.68. The predicted octanol–water partition coefficient (Wildman–Crippen LogP) is 7.06. The lowest BCUT2D eigenvalue weighted by atomic mass is 10.0. The van der Waals surface area contributed by atoms with Crippen molar-refractivity contribution < 1.29 is 8.78 Å². The van der Waals surface area contributed by atoms with Crippen LogP contribution in [0.25, 0.3) is 17.0 Å². The van der Waals surface area contributed by atoms with Gasteiger partial charge in [-0.25, -0.2) is 18.2 Å². The van der Waals surface area contributed by atoms with Crippen LogP contribution in [0, 0.1) is 18.6 Å². The highest BCUT2D eigenvalue weighted by atomic mass is 19.1. The average molecular weight is 604 g/mol. The van der Waals surface area contributed by atoms with E-state index in [4.69, 9.17) is 4.98 Å². The Hall–Kier alpha value is -5.08. The molecule has 6 nitrogen and oxygen atoms in total. The zero-order valence-corrected chi connectivity index (χ0v) is 25.6. The molecule has 0 amide bonds. The number of rotatable bonds is 10. The summed E-state index contributed by atoms with van der Waals surface area (Å²) in [5.41, 5.74) is 6.14. The maximum atomic E-state index is 15.0. The van der Waals surface area contributed by atoms with Crippen LogP contribution in [0.5, 0.6) is 0 Å². The lowest BCUT2D eigenvalue weighted by Gasteiger charge is -2.20. The molecule has 228 valence electrons. The standard InChI is InChI=1S/C37H35F2N5O/c1-25-30(21-26-11-6-4-7-12-26)36(45)44-34(24-42(3)22-27-13-8-5-9-14-27)35(28-17-19-29(40-2)20-18-28)41-37(44)43(25)23-31-32(38)15-10-16-33(31)39/h4-20,40H,21-24H2,1-3H3. The van der Waals surface area contributed by atoms with Crippen LogP contribution in [0.15, 0.2) is 108 Å². The molecular formula is C37H35F2N5O. The normalized spacial score (nSPS) is 11.4. The van der Waals surface area contributed by atoms with Crippen LogP contribution < -0.4 is 10.9 Å². The number of benzene rings is 4. The largest absolute Gasteiger partial charge is 0.388 e. The summed E-state index contributed by atoms with van der Waals surface area (Å²) in [4.78, 5) is 21.7. The number of hydrogen-bond donors (Lipinski definition) is 1. The summed E-state index contributed by atoms with van der Waals surface area (Å²) in [7, 11) is 3.86. The summed E-state index contributed by atoms with van der Waals surface area (Å²) in [6, 6.07) is 31.6. The topological polar surface area (TPSA) is 54.6 Å². The van der Waals surface area contributed by atoms with Gasteiger partial charge in [-0.2, -0.15) is 0 Å². The van der Waals surface area contributed by atoms with Gasteiger partial charge in [0.2, 0.25) is 5.78 Å². The minimum atomic E-state index is -0.645. The first-order valence-electron chi connectivity index (χ1n) is 14.9. The highest BCUT2D eigenvalue weighted by Gasteiger charge is 2.25. The number of fused-ring (bicyclic) bond motifs is 1. The maximum Gasteiger partial charge on any atom is 0.263 e. The summed E-state index contributed by atoms with van der Waals surface area (Å²) in [5, 5.41) is 3.14. The van der Waals surface area contributed by atoms with Crippen molar-refractivity contribution in [1.82, 2.24) is 18.9 Å². The van der Waals surface area contributed by atoms with E-state index in [2.05, 4.69) is 22.3 Å². The molecule has 0 aliphatic heterocycles. The van der Waals surface area contributed by atoms with Gasteiger partial charge in [-0.15, -0.1) is 0 Å². The van der Waals surface area contributed by atoms with E-state index in [0.29, 0.717) is 47.9 Å². The van der Waals surface area contributed by atoms with Crippen molar-refractivity contribution >= 4 is 11.5 Å². The van der Waals surface area contributed by atoms with Crippen molar-refractivity contribution in [3.8, 4) is 11.3 Å². The van der Waals surface area contributed by atoms with Gasteiger partial charge in [0.1, 0.15) is 11.6 Å². The Kier molecular flexibility index (Phi) is 8.58. The van der Waals surface area contributed by atoms with Crippen LogP contribution in [0.2, 0.25) is 0 Å². The number of anilines is 1. The first kappa shape index (κ1) is 30.0. The summed E-state index contributed by atoms with van der Waals surface area (Å²) in [6.45, 7) is 2.78. The Morgan fingerprint density at radius 1 is 0.778 bits per heavy atom. The van der Waals surface area contributed by atoms with E-state index in [1.54, 1.807) is 8.97 Å². The van der Waals surface area contributed by atoms with Crippen molar-refractivity contribution in [2.24, 2.45) is 0 Å². The number of hydrogen-bond acceptors (Lipinski definition) is 4. The van der Waals surface area contributed by atoms with Gasteiger partial charge in [-0.05, 0) is 49.4 Å². The lowest BCUT2D eigenvalue weighted by Crippen LogP contribution is -2.29. The Labute approximate surface area is 261 Å². The fourth-order valence-corrected chi connectivity index (χ4v) is 5.85. The molecule has 0 aliphatic rings. The van der Waals surface area contributed by atoms with E-state index >= 15 is 8.78 Å².